The summed E-state index contributed by atoms with van der Waals surface area (Å²) in [6.45, 7) is 0.497. The highest BCUT2D eigenvalue weighted by Gasteiger charge is 2.13. The van der Waals surface area contributed by atoms with Gasteiger partial charge in [0.2, 0.25) is 0 Å². The topological polar surface area (TPSA) is 44.5 Å². The lowest BCUT2D eigenvalue weighted by atomic mass is 9.98. The normalized spacial score (nSPS) is 10.2. The zero-order valence-electron chi connectivity index (χ0n) is 10.6. The van der Waals surface area contributed by atoms with Crippen LogP contribution < -0.4 is 15.2 Å². The van der Waals surface area contributed by atoms with E-state index in [4.69, 9.17) is 15.2 Å². The molecule has 0 saturated heterocycles. The standard InChI is InChI=1S/C15H17NO2/c1-17-14-9-5-8-13(15(14)18-2)12-7-4-3-6-11(12)10-16/h3-9H,10,16H2,1-2H3. The van der Waals surface area contributed by atoms with E-state index in [-0.39, 0.29) is 0 Å². The quantitative estimate of drug-likeness (QED) is 0.898. The van der Waals surface area contributed by atoms with Gasteiger partial charge >= 0.3 is 0 Å². The number of rotatable bonds is 4. The Bertz CT molecular complexity index is 538. The molecule has 2 rings (SSSR count). The van der Waals surface area contributed by atoms with Crippen molar-refractivity contribution in [2.45, 2.75) is 6.54 Å². The van der Waals surface area contributed by atoms with Crippen molar-refractivity contribution in [2.75, 3.05) is 14.2 Å². The minimum atomic E-state index is 0.497. The summed E-state index contributed by atoms with van der Waals surface area (Å²) < 4.78 is 10.8. The maximum absolute atomic E-state index is 5.78. The van der Waals surface area contributed by atoms with Gasteiger partial charge in [0.25, 0.3) is 0 Å². The number of ether oxygens (including phenoxy) is 2. The Labute approximate surface area is 107 Å². The molecule has 0 heterocycles. The molecular formula is C15H17NO2. The maximum Gasteiger partial charge on any atom is 0.168 e. The predicted molar refractivity (Wildman–Crippen MR) is 72.9 cm³/mol. The van der Waals surface area contributed by atoms with Crippen LogP contribution in [0, 0.1) is 0 Å². The van der Waals surface area contributed by atoms with E-state index in [2.05, 4.69) is 0 Å². The van der Waals surface area contributed by atoms with Crippen LogP contribution >= 0.6 is 0 Å². The lowest BCUT2D eigenvalue weighted by Gasteiger charge is -2.14. The summed E-state index contributed by atoms with van der Waals surface area (Å²) in [7, 11) is 3.28. The lowest BCUT2D eigenvalue weighted by molar-refractivity contribution is 0.356. The van der Waals surface area contributed by atoms with Gasteiger partial charge in [0.1, 0.15) is 0 Å². The molecule has 0 aliphatic rings. The minimum absolute atomic E-state index is 0.497. The molecular weight excluding hydrogens is 226 g/mol. The molecule has 18 heavy (non-hydrogen) atoms. The molecule has 0 bridgehead atoms. The van der Waals surface area contributed by atoms with E-state index in [0.29, 0.717) is 6.54 Å². The van der Waals surface area contributed by atoms with Gasteiger partial charge in [0, 0.05) is 12.1 Å². The number of methoxy groups -OCH3 is 2. The molecule has 2 N–H and O–H groups in total. The van der Waals surface area contributed by atoms with E-state index < -0.39 is 0 Å². The van der Waals surface area contributed by atoms with Crippen molar-refractivity contribution in [1.29, 1.82) is 0 Å². The van der Waals surface area contributed by atoms with Crippen molar-refractivity contribution >= 4 is 0 Å². The summed E-state index contributed by atoms with van der Waals surface area (Å²) in [5.41, 5.74) is 8.94. The second-order valence-electron chi connectivity index (χ2n) is 3.90. The molecule has 0 saturated carbocycles. The Morgan fingerprint density at radius 3 is 2.28 bits per heavy atom. The van der Waals surface area contributed by atoms with E-state index in [9.17, 15) is 0 Å². The number of hydrogen-bond donors (Lipinski definition) is 1. The Morgan fingerprint density at radius 1 is 0.889 bits per heavy atom. The van der Waals surface area contributed by atoms with Crippen LogP contribution in [0.15, 0.2) is 42.5 Å². The van der Waals surface area contributed by atoms with Crippen LogP contribution in [0.2, 0.25) is 0 Å². The molecule has 0 fully saturated rings. The number of para-hydroxylation sites is 1. The fourth-order valence-electron chi connectivity index (χ4n) is 2.06. The molecule has 0 aliphatic carbocycles. The van der Waals surface area contributed by atoms with Gasteiger partial charge in [0.15, 0.2) is 11.5 Å². The lowest BCUT2D eigenvalue weighted by Crippen LogP contribution is -2.00. The van der Waals surface area contributed by atoms with Crippen LogP contribution in [0.3, 0.4) is 0 Å². The number of hydrogen-bond acceptors (Lipinski definition) is 3. The minimum Gasteiger partial charge on any atom is -0.493 e. The van der Waals surface area contributed by atoms with Crippen molar-refractivity contribution < 1.29 is 9.47 Å². The highest BCUT2D eigenvalue weighted by atomic mass is 16.5. The first-order valence-corrected chi connectivity index (χ1v) is 5.81. The summed E-state index contributed by atoms with van der Waals surface area (Å²) >= 11 is 0. The molecule has 2 aromatic carbocycles. The SMILES string of the molecule is COc1cccc(-c2ccccc2CN)c1OC. The van der Waals surface area contributed by atoms with Crippen LogP contribution in [-0.4, -0.2) is 14.2 Å². The van der Waals surface area contributed by atoms with Crippen LogP contribution in [0.1, 0.15) is 5.56 Å². The van der Waals surface area contributed by atoms with E-state index >= 15 is 0 Å². The fourth-order valence-corrected chi connectivity index (χ4v) is 2.06. The Kier molecular flexibility index (Phi) is 3.85. The third-order valence-corrected chi connectivity index (χ3v) is 2.93. The first-order chi connectivity index (χ1) is 8.81. The molecule has 3 nitrogen and oxygen atoms in total. The van der Waals surface area contributed by atoms with E-state index in [1.807, 2.05) is 42.5 Å². The molecule has 3 heteroatoms. The average molecular weight is 243 g/mol. The van der Waals surface area contributed by atoms with Gasteiger partial charge in [-0.2, -0.15) is 0 Å². The van der Waals surface area contributed by atoms with Crippen molar-refractivity contribution in [2.24, 2.45) is 5.73 Å². The molecule has 94 valence electrons. The average Bonchev–Trinajstić information content (AvgIpc) is 2.46. The van der Waals surface area contributed by atoms with Crippen LogP contribution in [0.5, 0.6) is 11.5 Å². The summed E-state index contributed by atoms with van der Waals surface area (Å²) in [5.74, 6) is 1.46. The largest absolute Gasteiger partial charge is 0.493 e. The van der Waals surface area contributed by atoms with Gasteiger partial charge in [-0.3, -0.25) is 0 Å². The highest BCUT2D eigenvalue weighted by Crippen LogP contribution is 2.38. The first kappa shape index (κ1) is 12.5. The van der Waals surface area contributed by atoms with Crippen molar-refractivity contribution in [3.05, 3.63) is 48.0 Å². The van der Waals surface area contributed by atoms with Gasteiger partial charge < -0.3 is 15.2 Å². The summed E-state index contributed by atoms with van der Waals surface area (Å²) in [4.78, 5) is 0. The second kappa shape index (κ2) is 5.56. The molecule has 0 radical (unpaired) electrons. The molecule has 0 unspecified atom stereocenters. The zero-order valence-corrected chi connectivity index (χ0v) is 10.6. The smallest absolute Gasteiger partial charge is 0.168 e. The monoisotopic (exact) mass is 243 g/mol. The van der Waals surface area contributed by atoms with Crippen molar-refractivity contribution in [3.63, 3.8) is 0 Å². The van der Waals surface area contributed by atoms with Gasteiger partial charge in [-0.1, -0.05) is 36.4 Å². The first-order valence-electron chi connectivity index (χ1n) is 5.81. The van der Waals surface area contributed by atoms with Crippen molar-refractivity contribution in [3.8, 4) is 22.6 Å². The van der Waals surface area contributed by atoms with E-state index in [1.165, 1.54) is 0 Å². The molecule has 0 spiro atoms. The Hall–Kier alpha value is -2.00. The van der Waals surface area contributed by atoms with Gasteiger partial charge in [-0.15, -0.1) is 0 Å². The molecule has 0 amide bonds. The summed E-state index contributed by atoms with van der Waals surface area (Å²) in [5, 5.41) is 0. The second-order valence-corrected chi connectivity index (χ2v) is 3.90. The zero-order chi connectivity index (χ0) is 13.0. The number of benzene rings is 2. The summed E-state index contributed by atoms with van der Waals surface area (Å²) in [6, 6.07) is 13.9. The van der Waals surface area contributed by atoms with Gasteiger partial charge in [0.05, 0.1) is 14.2 Å². The molecule has 0 aromatic heterocycles. The van der Waals surface area contributed by atoms with Gasteiger partial charge in [-0.05, 0) is 17.2 Å². The third-order valence-electron chi connectivity index (χ3n) is 2.93. The van der Waals surface area contributed by atoms with E-state index in [1.54, 1.807) is 14.2 Å². The fraction of sp³-hybridized carbons (Fsp3) is 0.200. The predicted octanol–water partition coefficient (Wildman–Crippen LogP) is 2.83. The number of nitrogens with two attached hydrogens (primary N) is 1. The van der Waals surface area contributed by atoms with Crippen molar-refractivity contribution in [1.82, 2.24) is 0 Å². The Morgan fingerprint density at radius 2 is 1.61 bits per heavy atom. The third kappa shape index (κ3) is 2.17. The van der Waals surface area contributed by atoms with Crippen LogP contribution in [0.4, 0.5) is 0 Å². The highest BCUT2D eigenvalue weighted by molar-refractivity contribution is 5.76. The Balaban J connectivity index is 2.63. The molecule has 0 aliphatic heterocycles. The van der Waals surface area contributed by atoms with Crippen LogP contribution in [-0.2, 0) is 6.54 Å². The molecule has 0 atom stereocenters. The van der Waals surface area contributed by atoms with Crippen LogP contribution in [0.25, 0.3) is 11.1 Å². The maximum atomic E-state index is 5.78. The van der Waals surface area contributed by atoms with E-state index in [0.717, 1.165) is 28.2 Å². The van der Waals surface area contributed by atoms with Gasteiger partial charge in [-0.25, -0.2) is 0 Å². The molecule has 2 aromatic rings. The summed E-state index contributed by atoms with van der Waals surface area (Å²) in [6.07, 6.45) is 0.